The van der Waals surface area contributed by atoms with Crippen LogP contribution in [0.3, 0.4) is 0 Å². The van der Waals surface area contributed by atoms with Crippen LogP contribution in [0, 0.1) is 22.0 Å². The van der Waals surface area contributed by atoms with Gasteiger partial charge in [-0.05, 0) is 12.1 Å². The molecule has 4 unspecified atom stereocenters. The van der Waals surface area contributed by atoms with Crippen LogP contribution in [0.25, 0.3) is 0 Å². The highest BCUT2D eigenvalue weighted by Crippen LogP contribution is 2.77. The van der Waals surface area contributed by atoms with E-state index in [1.165, 1.54) is 12.1 Å². The first-order valence-corrected chi connectivity index (χ1v) is 9.63. The fourth-order valence-corrected chi connectivity index (χ4v) is 6.90. The molecule has 6 nitrogen and oxygen atoms in total. The SMILES string of the molecule is O=C1C2C(C(=O)N1c1ccc([N+](=O)[O-])cc1)C1(Cl)C(Cl)=C(Cl)C2(Cl)C1(Cl)Cl. The number of rotatable bonds is 2. The van der Waals surface area contributed by atoms with Gasteiger partial charge in [-0.2, -0.15) is 0 Å². The molecule has 27 heavy (non-hydrogen) atoms. The number of halogens is 6. The Morgan fingerprint density at radius 2 is 1.30 bits per heavy atom. The van der Waals surface area contributed by atoms with Crippen LogP contribution < -0.4 is 4.90 Å². The summed E-state index contributed by atoms with van der Waals surface area (Å²) in [6.45, 7) is 0. The fourth-order valence-electron chi connectivity index (χ4n) is 3.97. The Balaban J connectivity index is 1.84. The number of carbonyl (C=O) groups excluding carboxylic acids is 2. The zero-order valence-electron chi connectivity index (χ0n) is 12.8. The third-order valence-corrected chi connectivity index (χ3v) is 9.49. The van der Waals surface area contributed by atoms with E-state index < -0.39 is 42.7 Å². The van der Waals surface area contributed by atoms with Crippen LogP contribution in [0.4, 0.5) is 11.4 Å². The largest absolute Gasteiger partial charge is 0.274 e. The highest BCUT2D eigenvalue weighted by atomic mass is 35.5. The molecule has 0 radical (unpaired) electrons. The van der Waals surface area contributed by atoms with Gasteiger partial charge in [-0.3, -0.25) is 19.7 Å². The number of fused-ring (bicyclic) bond motifs is 5. The molecule has 1 saturated carbocycles. The third-order valence-electron chi connectivity index (χ3n) is 5.23. The molecule has 0 N–H and O–H groups in total. The van der Waals surface area contributed by atoms with Crippen molar-refractivity contribution in [2.24, 2.45) is 11.8 Å². The molecule has 142 valence electrons. The number of anilines is 1. The van der Waals surface area contributed by atoms with Crippen LogP contribution in [-0.2, 0) is 9.59 Å². The summed E-state index contributed by atoms with van der Waals surface area (Å²) in [7, 11) is 0. The van der Waals surface area contributed by atoms with E-state index in [0.29, 0.717) is 0 Å². The van der Waals surface area contributed by atoms with Crippen molar-refractivity contribution in [1.29, 1.82) is 0 Å². The van der Waals surface area contributed by atoms with Crippen molar-refractivity contribution in [3.8, 4) is 0 Å². The van der Waals surface area contributed by atoms with Gasteiger partial charge in [-0.1, -0.05) is 46.4 Å². The van der Waals surface area contributed by atoms with E-state index in [1.807, 2.05) is 0 Å². The van der Waals surface area contributed by atoms with Crippen LogP contribution >= 0.6 is 69.6 Å². The normalized spacial score (nSPS) is 36.6. The van der Waals surface area contributed by atoms with E-state index in [0.717, 1.165) is 17.0 Å². The number of amides is 2. The van der Waals surface area contributed by atoms with Crippen LogP contribution in [-0.4, -0.2) is 30.8 Å². The zero-order valence-corrected chi connectivity index (χ0v) is 17.3. The molecule has 2 amide bonds. The number of nitro groups is 1. The predicted octanol–water partition coefficient (Wildman–Crippen LogP) is 4.55. The molecular weight excluding hydrogens is 485 g/mol. The van der Waals surface area contributed by atoms with Crippen molar-refractivity contribution in [3.63, 3.8) is 0 Å². The molecule has 2 fully saturated rings. The molecule has 4 atom stereocenters. The lowest BCUT2D eigenvalue weighted by atomic mass is 9.84. The van der Waals surface area contributed by atoms with E-state index in [1.54, 1.807) is 0 Å². The number of carbonyl (C=O) groups is 2. The molecule has 1 aromatic rings. The molecule has 1 saturated heterocycles. The second-order valence-electron chi connectivity index (χ2n) is 6.37. The van der Waals surface area contributed by atoms with Crippen molar-refractivity contribution in [2.75, 3.05) is 4.90 Å². The third kappa shape index (κ3) is 1.97. The lowest BCUT2D eigenvalue weighted by Crippen LogP contribution is -2.50. The molecule has 3 aliphatic rings. The maximum Gasteiger partial charge on any atom is 0.269 e. The number of non-ortho nitro benzene ring substituents is 1. The second-order valence-corrected chi connectivity index (χ2v) is 9.64. The van der Waals surface area contributed by atoms with Gasteiger partial charge in [0.05, 0.1) is 32.5 Å². The van der Waals surface area contributed by atoms with Gasteiger partial charge in [-0.25, -0.2) is 4.90 Å². The molecule has 1 aromatic carbocycles. The quantitative estimate of drug-likeness (QED) is 0.264. The Bertz CT molecular complexity index is 918. The summed E-state index contributed by atoms with van der Waals surface area (Å²) in [5.41, 5.74) is -0.0825. The van der Waals surface area contributed by atoms with Crippen LogP contribution in [0.5, 0.6) is 0 Å². The smallest absolute Gasteiger partial charge is 0.269 e. The highest BCUT2D eigenvalue weighted by Gasteiger charge is 2.87. The maximum absolute atomic E-state index is 13.1. The second kappa shape index (κ2) is 5.65. The van der Waals surface area contributed by atoms with Crippen LogP contribution in [0.2, 0.25) is 0 Å². The zero-order chi connectivity index (χ0) is 20.1. The molecular formula is C15H6Cl6N2O4. The summed E-state index contributed by atoms with van der Waals surface area (Å²) in [6.07, 6.45) is 0. The van der Waals surface area contributed by atoms with Gasteiger partial charge in [0.1, 0.15) is 9.75 Å². The van der Waals surface area contributed by atoms with Crippen molar-refractivity contribution in [2.45, 2.75) is 14.1 Å². The number of hydrogen-bond acceptors (Lipinski definition) is 4. The van der Waals surface area contributed by atoms with Crippen molar-refractivity contribution >= 4 is 92.8 Å². The number of allylic oxidation sites excluding steroid dienone is 2. The van der Waals surface area contributed by atoms with Gasteiger partial charge in [0.15, 0.2) is 4.33 Å². The first kappa shape index (κ1) is 19.6. The Kier molecular flexibility index (Phi) is 4.09. The minimum atomic E-state index is -2.00. The first-order valence-electron chi connectivity index (χ1n) is 7.36. The van der Waals surface area contributed by atoms with Gasteiger partial charge in [0, 0.05) is 12.1 Å². The average Bonchev–Trinajstić information content (AvgIpc) is 2.99. The van der Waals surface area contributed by atoms with Crippen LogP contribution in [0.15, 0.2) is 34.3 Å². The predicted molar refractivity (Wildman–Crippen MR) is 103 cm³/mol. The number of nitro benzene ring substituents is 1. The van der Waals surface area contributed by atoms with E-state index in [2.05, 4.69) is 0 Å². The standard InChI is InChI=1S/C15H6Cl6N2O4/c16-9-10(17)14(19)8-7(13(9,18)15(14,20)21)11(24)22(12(8)25)5-1-3-6(4-2-5)23(26)27/h1-4,7-8H. The fraction of sp³-hybridized carbons (Fsp3) is 0.333. The molecule has 12 heteroatoms. The Labute approximate surface area is 182 Å². The number of alkyl halides is 4. The molecule has 0 spiro atoms. The van der Waals surface area contributed by atoms with Crippen molar-refractivity contribution < 1.29 is 14.5 Å². The monoisotopic (exact) mass is 488 g/mol. The number of benzene rings is 1. The molecule has 1 aliphatic heterocycles. The van der Waals surface area contributed by atoms with Gasteiger partial charge in [-0.15, -0.1) is 23.2 Å². The van der Waals surface area contributed by atoms with Gasteiger partial charge >= 0.3 is 0 Å². The topological polar surface area (TPSA) is 80.5 Å². The molecule has 2 aliphatic carbocycles. The summed E-state index contributed by atoms with van der Waals surface area (Å²) in [6, 6.07) is 4.86. The van der Waals surface area contributed by atoms with Gasteiger partial charge in [0.25, 0.3) is 5.69 Å². The van der Waals surface area contributed by atoms with Gasteiger partial charge in [0.2, 0.25) is 11.8 Å². The summed E-state index contributed by atoms with van der Waals surface area (Å²) in [5.74, 6) is -3.93. The number of nitrogens with zero attached hydrogens (tertiary/aromatic N) is 2. The van der Waals surface area contributed by atoms with E-state index in [-0.39, 0.29) is 21.4 Å². The molecule has 1 heterocycles. The molecule has 0 aromatic heterocycles. The minimum Gasteiger partial charge on any atom is -0.274 e. The lowest BCUT2D eigenvalue weighted by molar-refractivity contribution is -0.384. The van der Waals surface area contributed by atoms with Crippen molar-refractivity contribution in [1.82, 2.24) is 0 Å². The summed E-state index contributed by atoms with van der Waals surface area (Å²) < 4.78 is -2.00. The van der Waals surface area contributed by atoms with E-state index in [4.69, 9.17) is 69.6 Å². The van der Waals surface area contributed by atoms with Crippen molar-refractivity contribution in [3.05, 3.63) is 44.4 Å². The Morgan fingerprint density at radius 3 is 1.67 bits per heavy atom. The maximum atomic E-state index is 13.1. The van der Waals surface area contributed by atoms with Crippen LogP contribution in [0.1, 0.15) is 0 Å². The summed E-state index contributed by atoms with van der Waals surface area (Å²) in [5, 5.41) is 10.4. The average molecular weight is 491 g/mol. The Hall–Kier alpha value is -0.760. The van der Waals surface area contributed by atoms with E-state index in [9.17, 15) is 19.7 Å². The Morgan fingerprint density at radius 1 is 0.889 bits per heavy atom. The molecule has 4 rings (SSSR count). The first-order chi connectivity index (χ1) is 12.4. The highest BCUT2D eigenvalue weighted by molar-refractivity contribution is 6.67. The summed E-state index contributed by atoms with van der Waals surface area (Å²) in [4.78, 5) is 33.4. The summed E-state index contributed by atoms with van der Waals surface area (Å²) >= 11 is 38.4. The number of hydrogen-bond donors (Lipinski definition) is 0. The van der Waals surface area contributed by atoms with Gasteiger partial charge < -0.3 is 0 Å². The molecule has 2 bridgehead atoms. The number of imide groups is 1. The van der Waals surface area contributed by atoms with E-state index >= 15 is 0 Å². The minimum absolute atomic E-state index is 0.118. The lowest BCUT2D eigenvalue weighted by Gasteiger charge is -2.34.